The molecule has 1 aliphatic carbocycles. The summed E-state index contributed by atoms with van der Waals surface area (Å²) in [6.07, 6.45) is 5.44. The summed E-state index contributed by atoms with van der Waals surface area (Å²) < 4.78 is 43.4. The van der Waals surface area contributed by atoms with Crippen LogP contribution in [0.5, 0.6) is 0 Å². The lowest BCUT2D eigenvalue weighted by Gasteiger charge is -2.51. The molecule has 4 fully saturated rings. The van der Waals surface area contributed by atoms with Crippen LogP contribution in [0.1, 0.15) is 72.1 Å². The van der Waals surface area contributed by atoms with Crippen LogP contribution in [-0.2, 0) is 0 Å². The van der Waals surface area contributed by atoms with Crippen molar-refractivity contribution in [3.63, 3.8) is 0 Å². The Kier molecular flexibility index (Phi) is 7.77. The van der Waals surface area contributed by atoms with Gasteiger partial charge in [0.05, 0.1) is 12.3 Å². The zero-order valence-corrected chi connectivity index (χ0v) is 20.1. The van der Waals surface area contributed by atoms with E-state index in [-0.39, 0.29) is 17.9 Å². The summed E-state index contributed by atoms with van der Waals surface area (Å²) in [4.78, 5) is 2.34. The molecule has 4 N–H and O–H groups in total. The number of nitrogens with one attached hydrogen (secondary N) is 4. The molecule has 0 aromatic carbocycles. The Morgan fingerprint density at radius 2 is 1.81 bits per heavy atom. The highest BCUT2D eigenvalue weighted by molar-refractivity contribution is 5.04. The summed E-state index contributed by atoms with van der Waals surface area (Å²) in [5, 5.41) is 13.6. The summed E-state index contributed by atoms with van der Waals surface area (Å²) in [5.74, 6) is -2.20. The van der Waals surface area contributed by atoms with Gasteiger partial charge < -0.3 is 5.32 Å². The first kappa shape index (κ1) is 24.7. The Labute approximate surface area is 192 Å². The molecule has 4 aliphatic rings. The molecule has 6 atom stereocenters. The van der Waals surface area contributed by atoms with Gasteiger partial charge in [0.1, 0.15) is 0 Å². The van der Waals surface area contributed by atoms with Crippen molar-refractivity contribution < 1.29 is 13.2 Å². The van der Waals surface area contributed by atoms with Gasteiger partial charge in [0.15, 0.2) is 6.17 Å². The molecule has 3 heterocycles. The second kappa shape index (κ2) is 10.1. The van der Waals surface area contributed by atoms with Crippen molar-refractivity contribution >= 4 is 0 Å². The molecule has 32 heavy (non-hydrogen) atoms. The highest BCUT2D eigenvalue weighted by Crippen LogP contribution is 2.47. The average Bonchev–Trinajstić information content (AvgIpc) is 3.16. The molecule has 4 rings (SSSR count). The van der Waals surface area contributed by atoms with Crippen molar-refractivity contribution in [2.75, 3.05) is 26.3 Å². The van der Waals surface area contributed by atoms with Crippen LogP contribution in [0.3, 0.4) is 0 Å². The minimum Gasteiger partial charge on any atom is -0.314 e. The Morgan fingerprint density at radius 1 is 1.06 bits per heavy atom. The first-order valence-electron chi connectivity index (χ1n) is 12.9. The number of alkyl halides is 3. The van der Waals surface area contributed by atoms with E-state index < -0.39 is 18.0 Å². The number of hydrogen-bond acceptors (Lipinski definition) is 5. The van der Waals surface area contributed by atoms with Crippen LogP contribution in [-0.4, -0.2) is 67.2 Å². The van der Waals surface area contributed by atoms with Gasteiger partial charge in [0.25, 0.3) is 0 Å². The van der Waals surface area contributed by atoms with Crippen LogP contribution in [0.2, 0.25) is 0 Å². The average molecular weight is 460 g/mol. The number of halogens is 3. The maximum absolute atomic E-state index is 15.8. The van der Waals surface area contributed by atoms with Crippen LogP contribution >= 0.6 is 0 Å². The van der Waals surface area contributed by atoms with Crippen LogP contribution in [0.25, 0.3) is 0 Å². The standard InChI is InChI=1S/C24H44F3N5/c1-16-5-6-17(13-28-16)14-29-21-20(25)22(31-15-30-21)32-12-4-11-23(32,2)18-7-9-19(10-8-18)24(3,26)27/h16-22,28-31H,4-15H2,1-3H3. The molecule has 186 valence electrons. The molecule has 0 spiro atoms. The highest BCUT2D eigenvalue weighted by Gasteiger charge is 2.51. The molecule has 3 aliphatic heterocycles. The fourth-order valence-electron chi connectivity index (χ4n) is 6.80. The Hall–Kier alpha value is -0.410. The molecule has 0 bridgehead atoms. The predicted octanol–water partition coefficient (Wildman–Crippen LogP) is 3.42. The van der Waals surface area contributed by atoms with Gasteiger partial charge >= 0.3 is 0 Å². The lowest BCUT2D eigenvalue weighted by Crippen LogP contribution is -2.71. The Morgan fingerprint density at radius 3 is 2.47 bits per heavy atom. The third kappa shape index (κ3) is 5.29. The van der Waals surface area contributed by atoms with E-state index >= 15 is 4.39 Å². The second-order valence-electron chi connectivity index (χ2n) is 11.3. The van der Waals surface area contributed by atoms with E-state index in [0.29, 0.717) is 37.4 Å². The summed E-state index contributed by atoms with van der Waals surface area (Å²) in [6.45, 7) is 8.78. The largest absolute Gasteiger partial charge is 0.314 e. The van der Waals surface area contributed by atoms with Crippen molar-refractivity contribution in [3.8, 4) is 0 Å². The van der Waals surface area contributed by atoms with Crippen molar-refractivity contribution in [1.82, 2.24) is 26.2 Å². The predicted molar refractivity (Wildman–Crippen MR) is 122 cm³/mol. The monoisotopic (exact) mass is 459 g/mol. The highest BCUT2D eigenvalue weighted by atomic mass is 19.3. The lowest BCUT2D eigenvalue weighted by atomic mass is 9.70. The Bertz CT molecular complexity index is 601. The van der Waals surface area contributed by atoms with Gasteiger partial charge in [-0.15, -0.1) is 0 Å². The van der Waals surface area contributed by atoms with Gasteiger partial charge in [0, 0.05) is 37.3 Å². The van der Waals surface area contributed by atoms with Gasteiger partial charge in [-0.1, -0.05) is 0 Å². The van der Waals surface area contributed by atoms with Crippen molar-refractivity contribution in [1.29, 1.82) is 0 Å². The SMILES string of the molecule is CC1CCC(CNC2NCNC(N3CCCC3(C)C3CCC(C(C)(F)F)CC3)C2F)CN1. The maximum Gasteiger partial charge on any atom is 0.248 e. The smallest absolute Gasteiger partial charge is 0.248 e. The van der Waals surface area contributed by atoms with E-state index in [1.807, 2.05) is 0 Å². The molecule has 0 radical (unpaired) electrons. The van der Waals surface area contributed by atoms with Gasteiger partial charge in [-0.05, 0) is 90.5 Å². The quantitative estimate of drug-likeness (QED) is 0.491. The second-order valence-corrected chi connectivity index (χ2v) is 11.3. The third-order valence-corrected chi connectivity index (χ3v) is 9.04. The lowest BCUT2D eigenvalue weighted by molar-refractivity contribution is -0.0790. The van der Waals surface area contributed by atoms with Gasteiger partial charge in [-0.25, -0.2) is 13.2 Å². The number of likely N-dealkylation sites (tertiary alicyclic amines) is 1. The van der Waals surface area contributed by atoms with Crippen molar-refractivity contribution in [2.24, 2.45) is 17.8 Å². The fourth-order valence-corrected chi connectivity index (χ4v) is 6.80. The first-order valence-corrected chi connectivity index (χ1v) is 12.9. The molecule has 3 saturated heterocycles. The summed E-state index contributed by atoms with van der Waals surface area (Å²) >= 11 is 0. The zero-order chi connectivity index (χ0) is 22.9. The van der Waals surface area contributed by atoms with Crippen LogP contribution < -0.4 is 21.3 Å². The molecule has 1 saturated carbocycles. The molecule has 8 heteroatoms. The molecule has 5 nitrogen and oxygen atoms in total. The number of piperidine rings is 1. The van der Waals surface area contributed by atoms with E-state index in [4.69, 9.17) is 0 Å². The number of rotatable bonds is 6. The molecule has 0 aromatic heterocycles. The van der Waals surface area contributed by atoms with Gasteiger partial charge in [-0.2, -0.15) is 0 Å². The van der Waals surface area contributed by atoms with Crippen LogP contribution in [0.15, 0.2) is 0 Å². The number of hydrogen-bond donors (Lipinski definition) is 4. The van der Waals surface area contributed by atoms with Gasteiger partial charge in [0.2, 0.25) is 5.92 Å². The molecule has 0 aromatic rings. The summed E-state index contributed by atoms with van der Waals surface area (Å²) in [6, 6.07) is 0.577. The molecule has 0 amide bonds. The van der Waals surface area contributed by atoms with E-state index in [9.17, 15) is 8.78 Å². The van der Waals surface area contributed by atoms with Crippen LogP contribution in [0, 0.1) is 17.8 Å². The fraction of sp³-hybridized carbons (Fsp3) is 1.00. The minimum atomic E-state index is -2.59. The summed E-state index contributed by atoms with van der Waals surface area (Å²) in [7, 11) is 0. The first-order chi connectivity index (χ1) is 15.2. The number of nitrogens with zero attached hydrogens (tertiary/aromatic N) is 1. The topological polar surface area (TPSA) is 51.4 Å². The third-order valence-electron chi connectivity index (χ3n) is 9.04. The van der Waals surface area contributed by atoms with E-state index in [1.165, 1.54) is 12.8 Å². The van der Waals surface area contributed by atoms with E-state index in [1.54, 1.807) is 0 Å². The normalized spacial score (nSPS) is 44.6. The Balaban J connectivity index is 1.35. The maximum atomic E-state index is 15.8. The van der Waals surface area contributed by atoms with Gasteiger partial charge in [-0.3, -0.25) is 20.9 Å². The summed E-state index contributed by atoms with van der Waals surface area (Å²) in [5.41, 5.74) is -0.124. The van der Waals surface area contributed by atoms with Crippen molar-refractivity contribution in [3.05, 3.63) is 0 Å². The van der Waals surface area contributed by atoms with Crippen LogP contribution in [0.4, 0.5) is 13.2 Å². The molecule has 6 unspecified atom stereocenters. The molecular formula is C24H44F3N5. The minimum absolute atomic E-state index is 0.124. The van der Waals surface area contributed by atoms with E-state index in [2.05, 4.69) is 40.0 Å². The van der Waals surface area contributed by atoms with Crippen molar-refractivity contribution in [2.45, 2.75) is 108 Å². The van der Waals surface area contributed by atoms with E-state index in [0.717, 1.165) is 52.2 Å². The zero-order valence-electron chi connectivity index (χ0n) is 20.1. The molecular weight excluding hydrogens is 415 g/mol.